The van der Waals surface area contributed by atoms with Gasteiger partial charge in [-0.1, -0.05) is 32.0 Å². The summed E-state index contributed by atoms with van der Waals surface area (Å²) in [6, 6.07) is 9.75. The number of aromatic hydroxyl groups is 2. The Morgan fingerprint density at radius 1 is 1.00 bits per heavy atom. The van der Waals surface area contributed by atoms with Crippen LogP contribution in [0.2, 0.25) is 0 Å². The molecule has 2 aromatic carbocycles. The van der Waals surface area contributed by atoms with E-state index >= 15 is 0 Å². The molecule has 0 aromatic heterocycles. The predicted octanol–water partition coefficient (Wildman–Crippen LogP) is 3.26. The lowest BCUT2D eigenvalue weighted by molar-refractivity contribution is 0.445. The lowest BCUT2D eigenvalue weighted by Gasteiger charge is -2.15. The summed E-state index contributed by atoms with van der Waals surface area (Å²) >= 11 is 0. The van der Waals surface area contributed by atoms with E-state index in [-0.39, 0.29) is 17.4 Å². The lowest BCUT2D eigenvalue weighted by atomic mass is 9.95. The molecular weight excluding hydrogens is 302 g/mol. The maximum Gasteiger partial charge on any atom is 0.229 e. The molecule has 0 aliphatic carbocycles. The molecule has 0 unspecified atom stereocenters. The lowest BCUT2D eigenvalue weighted by Crippen LogP contribution is -2.10. The summed E-state index contributed by atoms with van der Waals surface area (Å²) in [6.45, 7) is 3.85. The molecule has 118 valence electrons. The van der Waals surface area contributed by atoms with Gasteiger partial charge in [0.15, 0.2) is 0 Å². The van der Waals surface area contributed by atoms with Crippen LogP contribution in [0.4, 0.5) is 5.69 Å². The van der Waals surface area contributed by atoms with Gasteiger partial charge in [0.25, 0.3) is 0 Å². The first-order valence-corrected chi connectivity index (χ1v) is 8.71. The second-order valence-electron chi connectivity index (χ2n) is 5.50. The third kappa shape index (κ3) is 3.51. The van der Waals surface area contributed by atoms with Crippen LogP contribution in [-0.4, -0.2) is 24.9 Å². The molecule has 0 atom stereocenters. The first kappa shape index (κ1) is 16.2. The van der Waals surface area contributed by atoms with Crippen LogP contribution in [-0.2, 0) is 10.0 Å². The molecule has 0 aliphatic heterocycles. The van der Waals surface area contributed by atoms with Gasteiger partial charge in [-0.15, -0.1) is 0 Å². The van der Waals surface area contributed by atoms with Crippen molar-refractivity contribution in [3.05, 3.63) is 42.0 Å². The van der Waals surface area contributed by atoms with Crippen LogP contribution in [0.1, 0.15) is 25.3 Å². The van der Waals surface area contributed by atoms with Crippen molar-refractivity contribution in [2.75, 3.05) is 11.0 Å². The van der Waals surface area contributed by atoms with Crippen molar-refractivity contribution in [2.45, 2.75) is 19.8 Å². The Kier molecular flexibility index (Phi) is 4.32. The molecule has 0 heterocycles. The highest BCUT2D eigenvalue weighted by Gasteiger charge is 2.16. The minimum atomic E-state index is -3.44. The normalized spacial score (nSPS) is 11.6. The monoisotopic (exact) mass is 321 g/mol. The van der Waals surface area contributed by atoms with E-state index in [0.29, 0.717) is 22.4 Å². The molecule has 5 nitrogen and oxygen atoms in total. The molecule has 2 rings (SSSR count). The maximum absolute atomic E-state index is 11.5. The number of hydrogen-bond acceptors (Lipinski definition) is 4. The smallest absolute Gasteiger partial charge is 0.229 e. The molecule has 0 bridgehead atoms. The number of phenols is 2. The van der Waals surface area contributed by atoms with E-state index in [4.69, 9.17) is 0 Å². The van der Waals surface area contributed by atoms with Gasteiger partial charge in [0.2, 0.25) is 10.0 Å². The Hall–Kier alpha value is -2.21. The second kappa shape index (κ2) is 5.88. The van der Waals surface area contributed by atoms with Gasteiger partial charge in [0.05, 0.1) is 11.9 Å². The fraction of sp³-hybridized carbons (Fsp3) is 0.250. The molecule has 0 saturated heterocycles. The van der Waals surface area contributed by atoms with E-state index in [1.54, 1.807) is 30.3 Å². The van der Waals surface area contributed by atoms with Gasteiger partial charge < -0.3 is 10.2 Å². The minimum Gasteiger partial charge on any atom is -0.508 e. The fourth-order valence-electron chi connectivity index (χ4n) is 2.28. The van der Waals surface area contributed by atoms with Crippen LogP contribution in [0.15, 0.2) is 36.4 Å². The van der Waals surface area contributed by atoms with Crippen molar-refractivity contribution in [1.29, 1.82) is 0 Å². The topological polar surface area (TPSA) is 86.6 Å². The Morgan fingerprint density at radius 2 is 1.64 bits per heavy atom. The third-order valence-corrected chi connectivity index (χ3v) is 3.87. The molecule has 3 N–H and O–H groups in total. The van der Waals surface area contributed by atoms with Crippen molar-refractivity contribution in [1.82, 2.24) is 0 Å². The maximum atomic E-state index is 11.5. The van der Waals surface area contributed by atoms with Crippen molar-refractivity contribution >= 4 is 15.7 Å². The highest BCUT2D eigenvalue weighted by Crippen LogP contribution is 2.40. The summed E-state index contributed by atoms with van der Waals surface area (Å²) in [5.41, 5.74) is 2.07. The number of benzene rings is 2. The van der Waals surface area contributed by atoms with Crippen LogP contribution in [0, 0.1) is 0 Å². The van der Waals surface area contributed by atoms with Crippen molar-refractivity contribution in [3.63, 3.8) is 0 Å². The second-order valence-corrected chi connectivity index (χ2v) is 7.25. The highest BCUT2D eigenvalue weighted by atomic mass is 32.2. The average molecular weight is 321 g/mol. The SMILES string of the molecule is CC(C)c1cc(-c2ccccc2NS(C)(=O)=O)c(O)cc1O. The Labute approximate surface area is 130 Å². The summed E-state index contributed by atoms with van der Waals surface area (Å²) in [5, 5.41) is 20.1. The first-order valence-electron chi connectivity index (χ1n) is 6.82. The van der Waals surface area contributed by atoms with Gasteiger partial charge in [-0.05, 0) is 23.6 Å². The zero-order valence-corrected chi connectivity index (χ0v) is 13.5. The number of rotatable bonds is 4. The van der Waals surface area contributed by atoms with Crippen LogP contribution in [0.5, 0.6) is 11.5 Å². The number of phenolic OH excluding ortho intramolecular Hbond substituents is 2. The largest absolute Gasteiger partial charge is 0.508 e. The Balaban J connectivity index is 2.64. The van der Waals surface area contributed by atoms with E-state index in [0.717, 1.165) is 6.26 Å². The summed E-state index contributed by atoms with van der Waals surface area (Å²) in [6.07, 6.45) is 1.07. The zero-order chi connectivity index (χ0) is 16.5. The van der Waals surface area contributed by atoms with Crippen molar-refractivity contribution in [2.24, 2.45) is 0 Å². The summed E-state index contributed by atoms with van der Waals surface area (Å²) in [4.78, 5) is 0. The van der Waals surface area contributed by atoms with E-state index in [1.807, 2.05) is 13.8 Å². The average Bonchev–Trinajstić information content (AvgIpc) is 2.37. The predicted molar refractivity (Wildman–Crippen MR) is 87.8 cm³/mol. The summed E-state index contributed by atoms with van der Waals surface area (Å²) in [5.74, 6) is -0.0242. The van der Waals surface area contributed by atoms with Crippen LogP contribution in [0.25, 0.3) is 11.1 Å². The number of anilines is 1. The highest BCUT2D eigenvalue weighted by molar-refractivity contribution is 7.92. The van der Waals surface area contributed by atoms with E-state index in [2.05, 4.69) is 4.72 Å². The Morgan fingerprint density at radius 3 is 2.23 bits per heavy atom. The molecule has 0 saturated carbocycles. The molecule has 2 aromatic rings. The van der Waals surface area contributed by atoms with Crippen LogP contribution >= 0.6 is 0 Å². The first-order chi connectivity index (χ1) is 10.2. The molecule has 0 amide bonds. The number of hydrogen-bond donors (Lipinski definition) is 3. The van der Waals surface area contributed by atoms with Gasteiger partial charge in [-0.25, -0.2) is 8.42 Å². The van der Waals surface area contributed by atoms with E-state index < -0.39 is 10.0 Å². The minimum absolute atomic E-state index is 0.0183. The van der Waals surface area contributed by atoms with Crippen LogP contribution < -0.4 is 4.72 Å². The third-order valence-electron chi connectivity index (χ3n) is 3.28. The zero-order valence-electron chi connectivity index (χ0n) is 12.7. The summed E-state index contributed by atoms with van der Waals surface area (Å²) in [7, 11) is -3.44. The molecule has 0 aliphatic rings. The quantitative estimate of drug-likeness (QED) is 0.806. The summed E-state index contributed by atoms with van der Waals surface area (Å²) < 4.78 is 25.4. The van der Waals surface area contributed by atoms with Gasteiger partial charge in [-0.2, -0.15) is 0 Å². The fourth-order valence-corrected chi connectivity index (χ4v) is 2.86. The molecular formula is C16H19NO4S. The van der Waals surface area contributed by atoms with Crippen molar-refractivity contribution in [3.8, 4) is 22.6 Å². The Bertz CT molecular complexity index is 798. The molecule has 0 fully saturated rings. The van der Waals surface area contributed by atoms with E-state index in [9.17, 15) is 18.6 Å². The van der Waals surface area contributed by atoms with Crippen molar-refractivity contribution < 1.29 is 18.6 Å². The molecule has 6 heteroatoms. The van der Waals surface area contributed by atoms with Gasteiger partial charge in [0, 0.05) is 17.2 Å². The standard InChI is InChI=1S/C16H19NO4S/c1-10(2)12-8-13(16(19)9-15(12)18)11-6-4-5-7-14(11)17-22(3,20)21/h4-10,17-19H,1-3H3. The number of sulfonamides is 1. The number of para-hydroxylation sites is 1. The van der Waals surface area contributed by atoms with Gasteiger partial charge in [-0.3, -0.25) is 4.72 Å². The van der Waals surface area contributed by atoms with E-state index in [1.165, 1.54) is 6.07 Å². The molecule has 22 heavy (non-hydrogen) atoms. The van der Waals surface area contributed by atoms with Gasteiger partial charge >= 0.3 is 0 Å². The van der Waals surface area contributed by atoms with Gasteiger partial charge in [0.1, 0.15) is 11.5 Å². The molecule has 0 radical (unpaired) electrons. The molecule has 0 spiro atoms. The van der Waals surface area contributed by atoms with Crippen LogP contribution in [0.3, 0.4) is 0 Å². The number of nitrogens with one attached hydrogen (secondary N) is 1.